The van der Waals surface area contributed by atoms with Crippen LogP contribution in [0.1, 0.15) is 59.1 Å². The molecule has 1 saturated carbocycles. The molecule has 0 unspecified atom stereocenters. The van der Waals surface area contributed by atoms with Crippen molar-refractivity contribution in [2.24, 2.45) is 5.41 Å². The molecule has 0 aromatic carbocycles. The SMILES string of the molecule is CC(C)(C)c1nc(-c2c[nH]c3ncc(Cl)cc23)nc(N[C@H]2CCCC[C@]2(C)C(=O)O)c1F. The summed E-state index contributed by atoms with van der Waals surface area (Å²) in [7, 11) is 0. The lowest BCUT2D eigenvalue weighted by molar-refractivity contribution is -0.150. The van der Waals surface area contributed by atoms with Crippen LogP contribution < -0.4 is 5.32 Å². The third-order valence-corrected chi connectivity index (χ3v) is 6.51. The minimum Gasteiger partial charge on any atom is -0.481 e. The number of hydrogen-bond acceptors (Lipinski definition) is 5. The van der Waals surface area contributed by atoms with Crippen LogP contribution in [0.25, 0.3) is 22.4 Å². The molecule has 2 atom stereocenters. The van der Waals surface area contributed by atoms with Crippen LogP contribution in [0.15, 0.2) is 18.5 Å². The lowest BCUT2D eigenvalue weighted by atomic mass is 9.71. The molecule has 1 aliphatic rings. The number of carboxylic acids is 1. The molecule has 3 N–H and O–H groups in total. The number of H-pyrrole nitrogens is 1. The van der Waals surface area contributed by atoms with Crippen molar-refractivity contribution in [1.29, 1.82) is 0 Å². The Morgan fingerprint density at radius 1 is 1.34 bits per heavy atom. The summed E-state index contributed by atoms with van der Waals surface area (Å²) in [5.74, 6) is -1.11. The zero-order valence-electron chi connectivity index (χ0n) is 18.6. The second-order valence-corrected chi connectivity index (χ2v) is 10.2. The lowest BCUT2D eigenvalue weighted by Gasteiger charge is -2.38. The Morgan fingerprint density at radius 2 is 2.09 bits per heavy atom. The van der Waals surface area contributed by atoms with Crippen molar-refractivity contribution < 1.29 is 14.3 Å². The summed E-state index contributed by atoms with van der Waals surface area (Å²) in [5, 5.41) is 14.2. The zero-order chi connectivity index (χ0) is 23.3. The Morgan fingerprint density at radius 3 is 2.78 bits per heavy atom. The van der Waals surface area contributed by atoms with E-state index >= 15 is 4.39 Å². The molecule has 3 heterocycles. The van der Waals surface area contributed by atoms with E-state index in [-0.39, 0.29) is 11.5 Å². The van der Waals surface area contributed by atoms with E-state index in [1.165, 1.54) is 0 Å². The zero-order valence-corrected chi connectivity index (χ0v) is 19.3. The van der Waals surface area contributed by atoms with Gasteiger partial charge in [0.1, 0.15) is 5.65 Å². The number of carbonyl (C=O) groups is 1. The first-order valence-electron chi connectivity index (χ1n) is 10.7. The van der Waals surface area contributed by atoms with Gasteiger partial charge < -0.3 is 15.4 Å². The van der Waals surface area contributed by atoms with Crippen molar-refractivity contribution in [3.05, 3.63) is 35.0 Å². The number of nitrogens with zero attached hydrogens (tertiary/aromatic N) is 3. The summed E-state index contributed by atoms with van der Waals surface area (Å²) < 4.78 is 15.6. The van der Waals surface area contributed by atoms with Gasteiger partial charge in [-0.25, -0.2) is 19.3 Å². The van der Waals surface area contributed by atoms with Crippen LogP contribution in [0.5, 0.6) is 0 Å². The highest BCUT2D eigenvalue weighted by atomic mass is 35.5. The van der Waals surface area contributed by atoms with Crippen molar-refractivity contribution in [2.45, 2.75) is 64.8 Å². The maximum absolute atomic E-state index is 15.6. The largest absolute Gasteiger partial charge is 0.481 e. The summed E-state index contributed by atoms with van der Waals surface area (Å²) in [5.41, 5.74) is -0.0797. The van der Waals surface area contributed by atoms with E-state index in [2.05, 4.69) is 25.3 Å². The average molecular weight is 460 g/mol. The van der Waals surface area contributed by atoms with Crippen LogP contribution in [0.3, 0.4) is 0 Å². The molecular weight excluding hydrogens is 433 g/mol. The molecule has 3 aromatic heterocycles. The fourth-order valence-corrected chi connectivity index (χ4v) is 4.47. The standard InChI is InChI=1S/C23H27ClFN5O2/c1-22(2,3)17-16(25)20(28-15-7-5-6-8-23(15,4)21(31)32)30-19(29-17)14-11-27-18-13(14)9-12(24)10-26-18/h9-11,15H,5-8H2,1-4H3,(H,26,27)(H,31,32)(H,28,29,30)/t15-,23-/m0/s1. The summed E-state index contributed by atoms with van der Waals surface area (Å²) in [6.07, 6.45) is 6.11. The van der Waals surface area contributed by atoms with Crippen LogP contribution in [0.4, 0.5) is 10.2 Å². The van der Waals surface area contributed by atoms with E-state index in [9.17, 15) is 9.90 Å². The number of aliphatic carboxylic acids is 1. The van der Waals surface area contributed by atoms with Crippen molar-refractivity contribution in [2.75, 3.05) is 5.32 Å². The predicted octanol–water partition coefficient (Wildman–Crippen LogP) is 5.56. The van der Waals surface area contributed by atoms with Gasteiger partial charge in [-0.3, -0.25) is 4.79 Å². The van der Waals surface area contributed by atoms with Crippen LogP contribution in [-0.4, -0.2) is 37.1 Å². The monoisotopic (exact) mass is 459 g/mol. The Kier molecular flexibility index (Phi) is 5.61. The average Bonchev–Trinajstić information content (AvgIpc) is 3.13. The molecular formula is C23H27ClFN5O2. The predicted molar refractivity (Wildman–Crippen MR) is 122 cm³/mol. The number of nitrogens with one attached hydrogen (secondary N) is 2. The van der Waals surface area contributed by atoms with Gasteiger partial charge in [0.05, 0.1) is 16.1 Å². The van der Waals surface area contributed by atoms with Gasteiger partial charge in [-0.1, -0.05) is 45.2 Å². The highest BCUT2D eigenvalue weighted by molar-refractivity contribution is 6.31. The molecule has 3 aromatic rings. The molecule has 0 saturated heterocycles. The van der Waals surface area contributed by atoms with Crippen molar-refractivity contribution in [1.82, 2.24) is 19.9 Å². The second kappa shape index (κ2) is 7.99. The quantitative estimate of drug-likeness (QED) is 0.472. The number of fused-ring (bicyclic) bond motifs is 1. The molecule has 9 heteroatoms. The summed E-state index contributed by atoms with van der Waals surface area (Å²) in [6.45, 7) is 7.34. The number of halogens is 2. The molecule has 32 heavy (non-hydrogen) atoms. The maximum atomic E-state index is 15.6. The third-order valence-electron chi connectivity index (χ3n) is 6.31. The minimum absolute atomic E-state index is 0.0173. The van der Waals surface area contributed by atoms with Gasteiger partial charge >= 0.3 is 5.97 Å². The van der Waals surface area contributed by atoms with E-state index in [1.807, 2.05) is 20.8 Å². The molecule has 0 amide bonds. The number of hydrogen-bond donors (Lipinski definition) is 3. The number of rotatable bonds is 4. The Balaban J connectivity index is 1.86. The van der Waals surface area contributed by atoms with Gasteiger partial charge in [0.25, 0.3) is 0 Å². The van der Waals surface area contributed by atoms with Crippen molar-refractivity contribution >= 4 is 34.4 Å². The Labute approximate surface area is 190 Å². The summed E-state index contributed by atoms with van der Waals surface area (Å²) in [6, 6.07) is 1.31. The fourth-order valence-electron chi connectivity index (χ4n) is 4.31. The first-order valence-corrected chi connectivity index (χ1v) is 11.1. The molecule has 1 fully saturated rings. The molecule has 4 rings (SSSR count). The first-order chi connectivity index (χ1) is 15.0. The van der Waals surface area contributed by atoms with Gasteiger partial charge in [0, 0.05) is 34.8 Å². The van der Waals surface area contributed by atoms with Crippen LogP contribution in [0.2, 0.25) is 5.02 Å². The summed E-state index contributed by atoms with van der Waals surface area (Å²) in [4.78, 5) is 28.4. The lowest BCUT2D eigenvalue weighted by Crippen LogP contribution is -2.47. The molecule has 1 aliphatic carbocycles. The Hall–Kier alpha value is -2.74. The van der Waals surface area contributed by atoms with Crippen LogP contribution in [0, 0.1) is 11.2 Å². The van der Waals surface area contributed by atoms with E-state index < -0.39 is 28.7 Å². The van der Waals surface area contributed by atoms with Crippen LogP contribution in [-0.2, 0) is 10.2 Å². The van der Waals surface area contributed by atoms with E-state index in [4.69, 9.17) is 11.6 Å². The van der Waals surface area contributed by atoms with Crippen molar-refractivity contribution in [3.8, 4) is 11.4 Å². The van der Waals surface area contributed by atoms with Gasteiger partial charge in [-0.05, 0) is 25.8 Å². The van der Waals surface area contributed by atoms with Crippen LogP contribution >= 0.6 is 11.6 Å². The van der Waals surface area contributed by atoms with E-state index in [0.717, 1.165) is 18.2 Å². The highest BCUT2D eigenvalue weighted by Crippen LogP contribution is 2.39. The topological polar surface area (TPSA) is 104 Å². The number of carboxylic acid groups (broad SMARTS) is 1. The number of aromatic amines is 1. The van der Waals surface area contributed by atoms with E-state index in [0.29, 0.717) is 34.9 Å². The highest BCUT2D eigenvalue weighted by Gasteiger charge is 2.44. The molecule has 0 bridgehead atoms. The fraction of sp³-hybridized carbons (Fsp3) is 0.478. The third kappa shape index (κ3) is 3.92. The van der Waals surface area contributed by atoms with E-state index in [1.54, 1.807) is 25.4 Å². The maximum Gasteiger partial charge on any atom is 0.311 e. The molecule has 0 spiro atoms. The van der Waals surface area contributed by atoms with Crippen molar-refractivity contribution in [3.63, 3.8) is 0 Å². The molecule has 7 nitrogen and oxygen atoms in total. The number of aromatic nitrogens is 4. The minimum atomic E-state index is -1.00. The van der Waals surface area contributed by atoms with Gasteiger partial charge in [-0.15, -0.1) is 0 Å². The van der Waals surface area contributed by atoms with Gasteiger partial charge in [-0.2, -0.15) is 0 Å². The smallest absolute Gasteiger partial charge is 0.311 e. The normalized spacial score (nSPS) is 21.6. The first kappa shape index (κ1) is 22.5. The molecule has 0 radical (unpaired) electrons. The number of anilines is 1. The molecule has 170 valence electrons. The molecule has 0 aliphatic heterocycles. The summed E-state index contributed by atoms with van der Waals surface area (Å²) >= 11 is 6.14. The second-order valence-electron chi connectivity index (χ2n) is 9.73. The number of pyridine rings is 1. The Bertz CT molecular complexity index is 1190. The van der Waals surface area contributed by atoms with Gasteiger partial charge in [0.2, 0.25) is 0 Å². The van der Waals surface area contributed by atoms with Gasteiger partial charge in [0.15, 0.2) is 17.5 Å².